The van der Waals surface area contributed by atoms with Crippen LogP contribution in [0.1, 0.15) is 20.3 Å². The van der Waals surface area contributed by atoms with Gasteiger partial charge in [0.25, 0.3) is 0 Å². The molecule has 0 spiro atoms. The Bertz CT molecular complexity index is 326. The van der Waals surface area contributed by atoms with Crippen LogP contribution in [0.25, 0.3) is 0 Å². The predicted octanol–water partition coefficient (Wildman–Crippen LogP) is 1.87. The molecule has 1 aromatic heterocycles. The van der Waals surface area contributed by atoms with E-state index < -0.39 is 0 Å². The summed E-state index contributed by atoms with van der Waals surface area (Å²) < 4.78 is 5.31. The van der Waals surface area contributed by atoms with Crippen LogP contribution in [0.2, 0.25) is 0 Å². The largest absolute Gasteiger partial charge is 0.464 e. The summed E-state index contributed by atoms with van der Waals surface area (Å²) in [5.74, 6) is 2.23. The smallest absolute Gasteiger partial charge is 0.323 e. The van der Waals surface area contributed by atoms with Gasteiger partial charge in [0.05, 0.1) is 6.61 Å². The first-order valence-corrected chi connectivity index (χ1v) is 7.55. The second-order valence-electron chi connectivity index (χ2n) is 3.50. The van der Waals surface area contributed by atoms with E-state index in [0.717, 1.165) is 25.3 Å². The molecule has 0 bridgehead atoms. The van der Waals surface area contributed by atoms with Crippen LogP contribution in [0, 0.1) is 0 Å². The van der Waals surface area contributed by atoms with E-state index in [4.69, 9.17) is 4.74 Å². The zero-order valence-corrected chi connectivity index (χ0v) is 12.0. The minimum atomic E-state index is 0.357. The molecule has 0 aromatic carbocycles. The normalized spacial score (nSPS) is 10.2. The minimum absolute atomic E-state index is 0.357. The zero-order valence-electron chi connectivity index (χ0n) is 11.2. The Morgan fingerprint density at radius 2 is 1.83 bits per heavy atom. The van der Waals surface area contributed by atoms with Gasteiger partial charge < -0.3 is 15.4 Å². The molecule has 18 heavy (non-hydrogen) atoms. The molecular formula is C11H21N5OS. The number of nitrogens with zero attached hydrogens (tertiary/aromatic N) is 3. The molecule has 0 saturated heterocycles. The summed E-state index contributed by atoms with van der Waals surface area (Å²) in [4.78, 5) is 12.6. The van der Waals surface area contributed by atoms with Gasteiger partial charge in [-0.1, -0.05) is 0 Å². The topological polar surface area (TPSA) is 72.0 Å². The maximum atomic E-state index is 5.31. The first-order valence-electron chi connectivity index (χ1n) is 6.15. The van der Waals surface area contributed by atoms with E-state index in [1.54, 1.807) is 0 Å². The fourth-order valence-electron chi connectivity index (χ4n) is 1.28. The zero-order chi connectivity index (χ0) is 13.2. The first kappa shape index (κ1) is 14.8. The molecule has 7 heteroatoms. The molecule has 1 rings (SSSR count). The number of ether oxygens (including phenoxy) is 1. The van der Waals surface area contributed by atoms with Crippen molar-refractivity contribution in [2.24, 2.45) is 0 Å². The Morgan fingerprint density at radius 1 is 1.11 bits per heavy atom. The van der Waals surface area contributed by atoms with Crippen LogP contribution in [0.15, 0.2) is 0 Å². The third kappa shape index (κ3) is 5.39. The van der Waals surface area contributed by atoms with E-state index in [1.165, 1.54) is 0 Å². The summed E-state index contributed by atoms with van der Waals surface area (Å²) >= 11 is 1.83. The fourth-order valence-corrected chi connectivity index (χ4v) is 1.72. The fraction of sp³-hybridized carbons (Fsp3) is 0.727. The number of thioether (sulfide) groups is 1. The second kappa shape index (κ2) is 8.79. The van der Waals surface area contributed by atoms with Crippen LogP contribution in [0.5, 0.6) is 6.01 Å². The highest BCUT2D eigenvalue weighted by molar-refractivity contribution is 7.98. The quantitative estimate of drug-likeness (QED) is 0.664. The number of hydrogen-bond donors (Lipinski definition) is 2. The van der Waals surface area contributed by atoms with Gasteiger partial charge in [-0.3, -0.25) is 0 Å². The van der Waals surface area contributed by atoms with Gasteiger partial charge in [0, 0.05) is 13.1 Å². The number of anilines is 2. The van der Waals surface area contributed by atoms with Crippen LogP contribution < -0.4 is 15.4 Å². The molecule has 0 atom stereocenters. The van der Waals surface area contributed by atoms with Crippen molar-refractivity contribution < 1.29 is 4.74 Å². The van der Waals surface area contributed by atoms with Gasteiger partial charge in [0.1, 0.15) is 0 Å². The van der Waals surface area contributed by atoms with Crippen LogP contribution in [-0.4, -0.2) is 46.7 Å². The Morgan fingerprint density at radius 3 is 2.44 bits per heavy atom. The van der Waals surface area contributed by atoms with E-state index in [0.29, 0.717) is 24.5 Å². The summed E-state index contributed by atoms with van der Waals surface area (Å²) in [7, 11) is 0. The molecule has 0 aliphatic rings. The average Bonchev–Trinajstić information content (AvgIpc) is 2.35. The Hall–Kier alpha value is -1.24. The number of nitrogens with one attached hydrogen (secondary N) is 2. The maximum absolute atomic E-state index is 5.31. The molecule has 102 valence electrons. The van der Waals surface area contributed by atoms with Gasteiger partial charge in [-0.15, -0.1) is 0 Å². The number of aromatic nitrogens is 3. The van der Waals surface area contributed by atoms with Crippen molar-refractivity contribution in [2.75, 3.05) is 42.3 Å². The summed E-state index contributed by atoms with van der Waals surface area (Å²) in [5, 5.41) is 6.24. The van der Waals surface area contributed by atoms with E-state index >= 15 is 0 Å². The van der Waals surface area contributed by atoms with Gasteiger partial charge in [0.15, 0.2) is 0 Å². The summed E-state index contributed by atoms with van der Waals surface area (Å²) in [6.07, 6.45) is 3.17. The highest BCUT2D eigenvalue weighted by atomic mass is 32.2. The van der Waals surface area contributed by atoms with E-state index in [-0.39, 0.29) is 0 Å². The molecule has 6 nitrogen and oxygen atoms in total. The van der Waals surface area contributed by atoms with E-state index in [1.807, 2.05) is 25.6 Å². The van der Waals surface area contributed by atoms with Gasteiger partial charge in [-0.05, 0) is 32.3 Å². The molecule has 1 heterocycles. The highest BCUT2D eigenvalue weighted by Crippen LogP contribution is 2.11. The van der Waals surface area contributed by atoms with Crippen molar-refractivity contribution in [3.8, 4) is 6.01 Å². The molecular weight excluding hydrogens is 250 g/mol. The predicted molar refractivity (Wildman–Crippen MR) is 76.6 cm³/mol. The summed E-state index contributed by atoms with van der Waals surface area (Å²) in [5.41, 5.74) is 0. The lowest BCUT2D eigenvalue weighted by Crippen LogP contribution is -2.11. The second-order valence-corrected chi connectivity index (χ2v) is 4.49. The lowest BCUT2D eigenvalue weighted by atomic mass is 10.5. The molecule has 0 unspecified atom stereocenters. The van der Waals surface area contributed by atoms with Crippen molar-refractivity contribution in [1.82, 2.24) is 15.0 Å². The molecule has 2 N–H and O–H groups in total. The summed E-state index contributed by atoms with van der Waals surface area (Å²) in [6, 6.07) is 0.357. The molecule has 0 aliphatic carbocycles. The number of hydrogen-bond acceptors (Lipinski definition) is 7. The third-order valence-electron chi connectivity index (χ3n) is 2.03. The molecule has 0 fully saturated rings. The maximum Gasteiger partial charge on any atom is 0.323 e. The van der Waals surface area contributed by atoms with Crippen LogP contribution in [0.4, 0.5) is 11.9 Å². The first-order chi connectivity index (χ1) is 8.80. The van der Waals surface area contributed by atoms with E-state index in [9.17, 15) is 0 Å². The van der Waals surface area contributed by atoms with Gasteiger partial charge in [-0.2, -0.15) is 26.7 Å². The standard InChI is InChI=1S/C11H21N5OS/c1-4-12-9-14-10(13-7-6-8-18-3)16-11(15-9)17-5-2/h4-8H2,1-3H3,(H2,12,13,14,15,16). The molecule has 1 aromatic rings. The van der Waals surface area contributed by atoms with Crippen LogP contribution in [0.3, 0.4) is 0 Å². The van der Waals surface area contributed by atoms with Crippen molar-refractivity contribution in [1.29, 1.82) is 0 Å². The van der Waals surface area contributed by atoms with Crippen molar-refractivity contribution >= 4 is 23.7 Å². The Kier molecular flexibility index (Phi) is 7.24. The molecule has 0 radical (unpaired) electrons. The van der Waals surface area contributed by atoms with Gasteiger partial charge in [0.2, 0.25) is 11.9 Å². The monoisotopic (exact) mass is 271 g/mol. The van der Waals surface area contributed by atoms with Crippen LogP contribution in [-0.2, 0) is 0 Å². The molecule has 0 saturated carbocycles. The van der Waals surface area contributed by atoms with E-state index in [2.05, 4.69) is 31.8 Å². The Labute approximate surface area is 112 Å². The Balaban J connectivity index is 2.63. The summed E-state index contributed by atoms with van der Waals surface area (Å²) in [6.45, 7) is 6.06. The van der Waals surface area contributed by atoms with Crippen molar-refractivity contribution in [3.63, 3.8) is 0 Å². The SMILES string of the molecule is CCNc1nc(NCCCSC)nc(OCC)n1. The van der Waals surface area contributed by atoms with Crippen LogP contribution >= 0.6 is 11.8 Å². The average molecular weight is 271 g/mol. The number of rotatable bonds is 9. The van der Waals surface area contributed by atoms with Gasteiger partial charge >= 0.3 is 6.01 Å². The van der Waals surface area contributed by atoms with Gasteiger partial charge in [-0.25, -0.2) is 0 Å². The lowest BCUT2D eigenvalue weighted by molar-refractivity contribution is 0.312. The lowest BCUT2D eigenvalue weighted by Gasteiger charge is -2.09. The highest BCUT2D eigenvalue weighted by Gasteiger charge is 2.06. The van der Waals surface area contributed by atoms with Crippen molar-refractivity contribution in [3.05, 3.63) is 0 Å². The van der Waals surface area contributed by atoms with Crippen molar-refractivity contribution in [2.45, 2.75) is 20.3 Å². The molecule has 0 amide bonds. The third-order valence-corrected chi connectivity index (χ3v) is 2.73. The molecule has 0 aliphatic heterocycles. The minimum Gasteiger partial charge on any atom is -0.464 e.